The summed E-state index contributed by atoms with van der Waals surface area (Å²) in [4.78, 5) is 26.7. The maximum Gasteiger partial charge on any atom is 0.254 e. The van der Waals surface area contributed by atoms with Gasteiger partial charge in [-0.15, -0.1) is 0 Å². The van der Waals surface area contributed by atoms with E-state index in [1.54, 1.807) is 53.4 Å². The Morgan fingerprint density at radius 2 is 2.24 bits per heavy atom. The second kappa shape index (κ2) is 7.38. The smallest absolute Gasteiger partial charge is 0.254 e. The van der Waals surface area contributed by atoms with Gasteiger partial charge in [0.1, 0.15) is 5.75 Å². The Labute approximate surface area is 146 Å². The monoisotopic (exact) mass is 342 g/mol. The molecular formula is C18H22N4O3. The van der Waals surface area contributed by atoms with Crippen molar-refractivity contribution in [3.8, 4) is 5.75 Å². The predicted molar refractivity (Wildman–Crippen MR) is 93.5 cm³/mol. The number of aryl methyl sites for hydroxylation is 1. The summed E-state index contributed by atoms with van der Waals surface area (Å²) >= 11 is 0. The summed E-state index contributed by atoms with van der Waals surface area (Å²) in [5.41, 5.74) is 1.26. The molecule has 7 heteroatoms. The third-order valence-corrected chi connectivity index (χ3v) is 4.39. The molecule has 7 nitrogen and oxygen atoms in total. The molecule has 1 fully saturated rings. The highest BCUT2D eigenvalue weighted by atomic mass is 16.5. The molecule has 132 valence electrons. The Hall–Kier alpha value is -2.83. The molecule has 1 saturated heterocycles. The van der Waals surface area contributed by atoms with Gasteiger partial charge in [0, 0.05) is 31.4 Å². The summed E-state index contributed by atoms with van der Waals surface area (Å²) in [5.74, 6) is 0.288. The van der Waals surface area contributed by atoms with E-state index in [0.29, 0.717) is 36.5 Å². The molecule has 1 aliphatic heterocycles. The molecule has 2 heterocycles. The van der Waals surface area contributed by atoms with E-state index < -0.39 is 0 Å². The molecule has 0 saturated carbocycles. The number of hydrogen-bond donors (Lipinski definition) is 1. The van der Waals surface area contributed by atoms with Crippen molar-refractivity contribution in [3.05, 3.63) is 42.2 Å². The van der Waals surface area contributed by atoms with Gasteiger partial charge >= 0.3 is 0 Å². The number of aromatic nitrogens is 2. The lowest BCUT2D eigenvalue weighted by atomic mass is 10.1. The topological polar surface area (TPSA) is 76.5 Å². The van der Waals surface area contributed by atoms with Crippen molar-refractivity contribution in [1.29, 1.82) is 0 Å². The molecule has 1 atom stereocenters. The number of rotatable bonds is 5. The lowest BCUT2D eigenvalue weighted by Gasteiger charge is -2.17. The highest BCUT2D eigenvalue weighted by Gasteiger charge is 2.31. The zero-order valence-electron chi connectivity index (χ0n) is 14.4. The molecule has 3 rings (SSSR count). The molecule has 0 spiro atoms. The summed E-state index contributed by atoms with van der Waals surface area (Å²) in [6, 6.07) is 7.07. The number of nitrogens with zero attached hydrogens (tertiary/aromatic N) is 3. The Morgan fingerprint density at radius 1 is 1.40 bits per heavy atom. The number of methoxy groups -OCH3 is 1. The van der Waals surface area contributed by atoms with E-state index in [-0.39, 0.29) is 17.7 Å². The van der Waals surface area contributed by atoms with E-state index in [9.17, 15) is 9.59 Å². The fraction of sp³-hybridized carbons (Fsp3) is 0.389. The fourth-order valence-electron chi connectivity index (χ4n) is 2.94. The second-order valence-corrected chi connectivity index (χ2v) is 6.04. The number of benzene rings is 1. The van der Waals surface area contributed by atoms with Crippen LogP contribution in [-0.4, -0.2) is 46.7 Å². The number of ether oxygens (including phenoxy) is 1. The van der Waals surface area contributed by atoms with Crippen LogP contribution in [0.1, 0.15) is 23.7 Å². The minimum atomic E-state index is -0.209. The normalized spacial score (nSPS) is 16.7. The summed E-state index contributed by atoms with van der Waals surface area (Å²) in [5, 5.41) is 7.01. The first-order valence-electron chi connectivity index (χ1n) is 8.37. The highest BCUT2D eigenvalue weighted by molar-refractivity contribution is 5.97. The number of carbonyl (C=O) groups is 2. The average molecular weight is 342 g/mol. The van der Waals surface area contributed by atoms with Crippen molar-refractivity contribution in [2.24, 2.45) is 5.92 Å². The van der Waals surface area contributed by atoms with Crippen molar-refractivity contribution < 1.29 is 14.3 Å². The molecule has 0 unspecified atom stereocenters. The van der Waals surface area contributed by atoms with Crippen LogP contribution in [0.2, 0.25) is 0 Å². The van der Waals surface area contributed by atoms with Gasteiger partial charge in [-0.1, -0.05) is 6.07 Å². The first-order valence-corrected chi connectivity index (χ1v) is 8.37. The largest absolute Gasteiger partial charge is 0.497 e. The van der Waals surface area contributed by atoms with Gasteiger partial charge in [-0.25, -0.2) is 0 Å². The Kier molecular flexibility index (Phi) is 5.02. The molecule has 0 bridgehead atoms. The molecular weight excluding hydrogens is 320 g/mol. The van der Waals surface area contributed by atoms with Crippen LogP contribution in [0.3, 0.4) is 0 Å². The zero-order chi connectivity index (χ0) is 17.8. The van der Waals surface area contributed by atoms with Crippen LogP contribution in [0.15, 0.2) is 36.7 Å². The number of hydrogen-bond acceptors (Lipinski definition) is 4. The minimum Gasteiger partial charge on any atom is -0.497 e. The van der Waals surface area contributed by atoms with Gasteiger partial charge in [-0.2, -0.15) is 5.10 Å². The average Bonchev–Trinajstić information content (AvgIpc) is 3.30. The van der Waals surface area contributed by atoms with E-state index in [1.807, 2.05) is 6.92 Å². The lowest BCUT2D eigenvalue weighted by molar-refractivity contribution is -0.119. The maximum atomic E-state index is 12.6. The van der Waals surface area contributed by atoms with Gasteiger partial charge in [0.2, 0.25) is 5.91 Å². The molecule has 2 aromatic rings. The Bertz CT molecular complexity index is 771. The van der Waals surface area contributed by atoms with Crippen molar-refractivity contribution >= 4 is 17.5 Å². The third-order valence-electron chi connectivity index (χ3n) is 4.39. The number of amides is 2. The van der Waals surface area contributed by atoms with Gasteiger partial charge < -0.3 is 15.0 Å². The number of nitrogens with one attached hydrogen (secondary N) is 1. The SMILES string of the molecule is CCn1cc(NC(=O)[C@@H]2CCN(C(=O)c3cccc(OC)c3)C2)cn1. The van der Waals surface area contributed by atoms with Crippen LogP contribution in [0.25, 0.3) is 0 Å². The molecule has 1 aliphatic rings. The number of likely N-dealkylation sites (tertiary alicyclic amines) is 1. The van der Waals surface area contributed by atoms with Crippen molar-refractivity contribution in [1.82, 2.24) is 14.7 Å². The molecule has 25 heavy (non-hydrogen) atoms. The quantitative estimate of drug-likeness (QED) is 0.902. The first-order chi connectivity index (χ1) is 12.1. The number of anilines is 1. The standard InChI is InChI=1S/C18H22N4O3/c1-3-22-12-15(10-19-22)20-17(23)14-7-8-21(11-14)18(24)13-5-4-6-16(9-13)25-2/h4-6,9-10,12,14H,3,7-8,11H2,1-2H3,(H,20,23)/t14-/m1/s1. The van der Waals surface area contributed by atoms with Gasteiger partial charge in [-0.3, -0.25) is 14.3 Å². The van der Waals surface area contributed by atoms with Crippen molar-refractivity contribution in [2.45, 2.75) is 19.9 Å². The van der Waals surface area contributed by atoms with E-state index in [2.05, 4.69) is 10.4 Å². The van der Waals surface area contributed by atoms with Crippen LogP contribution in [0.5, 0.6) is 5.75 Å². The molecule has 1 aromatic heterocycles. The van der Waals surface area contributed by atoms with Crippen LogP contribution in [-0.2, 0) is 11.3 Å². The van der Waals surface area contributed by atoms with Crippen LogP contribution in [0, 0.1) is 5.92 Å². The molecule has 0 aliphatic carbocycles. The van der Waals surface area contributed by atoms with Crippen molar-refractivity contribution in [3.63, 3.8) is 0 Å². The van der Waals surface area contributed by atoms with Crippen LogP contribution >= 0.6 is 0 Å². The van der Waals surface area contributed by atoms with E-state index in [1.165, 1.54) is 0 Å². The first kappa shape index (κ1) is 17.0. The molecule has 2 amide bonds. The highest BCUT2D eigenvalue weighted by Crippen LogP contribution is 2.22. The zero-order valence-corrected chi connectivity index (χ0v) is 14.4. The second-order valence-electron chi connectivity index (χ2n) is 6.04. The summed E-state index contributed by atoms with van der Waals surface area (Å²) in [7, 11) is 1.57. The number of carbonyl (C=O) groups excluding carboxylic acids is 2. The van der Waals surface area contributed by atoms with E-state index in [4.69, 9.17) is 4.74 Å². The predicted octanol–water partition coefficient (Wildman–Crippen LogP) is 2.01. The van der Waals surface area contributed by atoms with Gasteiger partial charge in [0.05, 0.1) is 24.9 Å². The Morgan fingerprint density at radius 3 is 2.96 bits per heavy atom. The summed E-state index contributed by atoms with van der Waals surface area (Å²) in [6.45, 7) is 3.73. The van der Waals surface area contributed by atoms with Gasteiger partial charge in [0.15, 0.2) is 0 Å². The Balaban J connectivity index is 1.60. The van der Waals surface area contributed by atoms with Gasteiger partial charge in [-0.05, 0) is 31.5 Å². The van der Waals surface area contributed by atoms with Gasteiger partial charge in [0.25, 0.3) is 5.91 Å². The minimum absolute atomic E-state index is 0.0726. The van der Waals surface area contributed by atoms with Crippen LogP contribution in [0.4, 0.5) is 5.69 Å². The van der Waals surface area contributed by atoms with E-state index >= 15 is 0 Å². The van der Waals surface area contributed by atoms with Crippen molar-refractivity contribution in [2.75, 3.05) is 25.5 Å². The molecule has 1 N–H and O–H groups in total. The van der Waals surface area contributed by atoms with Crippen LogP contribution < -0.4 is 10.1 Å². The summed E-state index contributed by atoms with van der Waals surface area (Å²) in [6.07, 6.45) is 4.09. The lowest BCUT2D eigenvalue weighted by Crippen LogP contribution is -2.31. The maximum absolute atomic E-state index is 12.6. The fourth-order valence-corrected chi connectivity index (χ4v) is 2.94. The third kappa shape index (κ3) is 3.81. The molecule has 0 radical (unpaired) electrons. The summed E-state index contributed by atoms with van der Waals surface area (Å²) < 4.78 is 6.91. The molecule has 1 aromatic carbocycles. The van der Waals surface area contributed by atoms with E-state index in [0.717, 1.165) is 6.54 Å².